The second-order valence-corrected chi connectivity index (χ2v) is 3.42. The van der Waals surface area contributed by atoms with Crippen LogP contribution in [0.3, 0.4) is 0 Å². The van der Waals surface area contributed by atoms with Crippen LogP contribution < -0.4 is 0 Å². The predicted octanol–water partition coefficient (Wildman–Crippen LogP) is 1.14. The van der Waals surface area contributed by atoms with E-state index in [0.717, 1.165) is 0 Å². The maximum Gasteiger partial charge on any atom is 0.335 e. The van der Waals surface area contributed by atoms with Gasteiger partial charge in [0, 0.05) is 12.8 Å². The molecule has 17 heavy (non-hydrogen) atoms. The van der Waals surface area contributed by atoms with Gasteiger partial charge in [-0.3, -0.25) is 9.59 Å². The summed E-state index contributed by atoms with van der Waals surface area (Å²) in [6, 6.07) is 0. The van der Waals surface area contributed by atoms with Gasteiger partial charge >= 0.3 is 17.9 Å². The van der Waals surface area contributed by atoms with E-state index in [-0.39, 0.29) is 18.2 Å². The smallest absolute Gasteiger partial charge is 0.300 e. The average Bonchev–Trinajstić information content (AvgIpc) is 2.28. The van der Waals surface area contributed by atoms with E-state index in [1.165, 1.54) is 0 Å². The van der Waals surface area contributed by atoms with Crippen molar-refractivity contribution in [2.75, 3.05) is 0 Å². The van der Waals surface area contributed by atoms with Gasteiger partial charge in [-0.1, -0.05) is 27.7 Å². The summed E-state index contributed by atoms with van der Waals surface area (Å²) in [6.45, 7) is 6.27. The number of carbonyl (C=O) groups is 3. The Morgan fingerprint density at radius 1 is 0.941 bits per heavy atom. The topological polar surface area (TPSA) is 82.1 Å². The molecule has 0 unspecified atom stereocenters. The zero-order valence-electron chi connectivity index (χ0n) is 10.4. The van der Waals surface area contributed by atoms with Crippen molar-refractivity contribution >= 4 is 17.9 Å². The zero-order chi connectivity index (χ0) is 13.4. The Morgan fingerprint density at radius 2 is 1.35 bits per heavy atom. The van der Waals surface area contributed by atoms with Crippen LogP contribution >= 0.6 is 0 Å². The van der Waals surface area contributed by atoms with Gasteiger partial charge < -0.3 is 14.5 Å². The van der Waals surface area contributed by atoms with E-state index >= 15 is 0 Å². The molecule has 7 nitrogen and oxygen atoms in total. The number of nitrogens with zero attached hydrogens (tertiary/aromatic N) is 1. The fraction of sp³-hybridized carbons (Fsp3) is 0.700. The Labute approximate surface area is 99.5 Å². The van der Waals surface area contributed by atoms with Gasteiger partial charge in [-0.2, -0.15) is 0 Å². The van der Waals surface area contributed by atoms with Gasteiger partial charge in [0.05, 0.1) is 5.92 Å². The molecule has 0 bridgehead atoms. The highest BCUT2D eigenvalue weighted by Crippen LogP contribution is 2.04. The van der Waals surface area contributed by atoms with Gasteiger partial charge in [-0.15, -0.1) is 0 Å². The van der Waals surface area contributed by atoms with E-state index in [4.69, 9.17) is 0 Å². The standard InChI is InChI=1S/C10H17NO6/c1-5-8(12)15-11(16-9(13)6-2)17-10(14)7(3)4/h7H,5-6H2,1-4H3. The Hall–Kier alpha value is -1.63. The second kappa shape index (κ2) is 7.61. The summed E-state index contributed by atoms with van der Waals surface area (Å²) in [5.41, 5.74) is 0. The predicted molar refractivity (Wildman–Crippen MR) is 55.5 cm³/mol. The molecule has 0 aromatic rings. The van der Waals surface area contributed by atoms with Crippen LogP contribution in [0.5, 0.6) is 0 Å². The van der Waals surface area contributed by atoms with E-state index in [0.29, 0.717) is 0 Å². The fourth-order valence-corrected chi connectivity index (χ4v) is 0.530. The minimum absolute atomic E-state index is 0.0550. The van der Waals surface area contributed by atoms with Crippen molar-refractivity contribution in [3.8, 4) is 0 Å². The van der Waals surface area contributed by atoms with Crippen molar-refractivity contribution in [2.24, 2.45) is 5.92 Å². The van der Waals surface area contributed by atoms with Crippen molar-refractivity contribution < 1.29 is 28.9 Å². The number of carbonyl (C=O) groups excluding carboxylic acids is 3. The monoisotopic (exact) mass is 247 g/mol. The first-order valence-corrected chi connectivity index (χ1v) is 5.34. The molecule has 0 aromatic heterocycles. The molecule has 0 N–H and O–H groups in total. The lowest BCUT2D eigenvalue weighted by atomic mass is 10.2. The normalized spacial score (nSPS) is 10.2. The zero-order valence-corrected chi connectivity index (χ0v) is 10.4. The summed E-state index contributed by atoms with van der Waals surface area (Å²) < 4.78 is 0. The maximum absolute atomic E-state index is 11.2. The molecule has 98 valence electrons. The average molecular weight is 247 g/mol. The highest BCUT2D eigenvalue weighted by molar-refractivity contribution is 5.72. The SMILES string of the molecule is CCC(=O)ON(OC(=O)CC)OC(=O)C(C)C. The molecule has 0 spiro atoms. The molecular formula is C10H17NO6. The van der Waals surface area contributed by atoms with Crippen molar-refractivity contribution in [3.63, 3.8) is 0 Å². The van der Waals surface area contributed by atoms with Crippen LogP contribution in [0.1, 0.15) is 40.5 Å². The molecule has 0 rings (SSSR count). The molecule has 0 aliphatic rings. The van der Waals surface area contributed by atoms with Crippen molar-refractivity contribution in [1.29, 1.82) is 0 Å². The lowest BCUT2D eigenvalue weighted by molar-refractivity contribution is -0.465. The largest absolute Gasteiger partial charge is 0.335 e. The highest BCUT2D eigenvalue weighted by atomic mass is 17.2. The molecule has 0 atom stereocenters. The van der Waals surface area contributed by atoms with Crippen molar-refractivity contribution in [1.82, 2.24) is 5.39 Å². The van der Waals surface area contributed by atoms with Crippen LogP contribution in [0.4, 0.5) is 0 Å². The van der Waals surface area contributed by atoms with E-state index in [9.17, 15) is 14.4 Å². The summed E-state index contributed by atoms with van der Waals surface area (Å²) in [5.74, 6) is -2.51. The summed E-state index contributed by atoms with van der Waals surface area (Å²) in [5, 5.41) is 0.153. The molecule has 0 fully saturated rings. The van der Waals surface area contributed by atoms with Crippen molar-refractivity contribution in [3.05, 3.63) is 0 Å². The van der Waals surface area contributed by atoms with Crippen LogP contribution in [0.2, 0.25) is 0 Å². The first-order valence-electron chi connectivity index (χ1n) is 5.34. The highest BCUT2D eigenvalue weighted by Gasteiger charge is 2.22. The van der Waals surface area contributed by atoms with Crippen molar-refractivity contribution in [2.45, 2.75) is 40.5 Å². The third kappa shape index (κ3) is 6.52. The van der Waals surface area contributed by atoms with Crippen LogP contribution in [0.15, 0.2) is 0 Å². The summed E-state index contributed by atoms with van der Waals surface area (Å²) in [4.78, 5) is 46.8. The first-order chi connectivity index (χ1) is 7.90. The molecular weight excluding hydrogens is 230 g/mol. The van der Waals surface area contributed by atoms with Gasteiger partial charge in [-0.25, -0.2) is 4.79 Å². The second-order valence-electron chi connectivity index (χ2n) is 3.42. The third-order valence-electron chi connectivity index (χ3n) is 1.57. The van der Waals surface area contributed by atoms with Crippen LogP contribution in [-0.2, 0) is 28.9 Å². The summed E-state index contributed by atoms with van der Waals surface area (Å²) >= 11 is 0. The van der Waals surface area contributed by atoms with Gasteiger partial charge in [0.2, 0.25) is 5.39 Å². The lowest BCUT2D eigenvalue weighted by Gasteiger charge is -2.17. The maximum atomic E-state index is 11.2. The van der Waals surface area contributed by atoms with Gasteiger partial charge in [0.25, 0.3) is 0 Å². The molecule has 0 aromatic carbocycles. The summed E-state index contributed by atoms with van der Waals surface area (Å²) in [7, 11) is 0. The Balaban J connectivity index is 4.44. The Morgan fingerprint density at radius 3 is 1.65 bits per heavy atom. The quantitative estimate of drug-likeness (QED) is 0.651. The van der Waals surface area contributed by atoms with E-state index in [1.807, 2.05) is 0 Å². The first kappa shape index (κ1) is 15.4. The molecule has 0 radical (unpaired) electrons. The van der Waals surface area contributed by atoms with Gasteiger partial charge in [0.15, 0.2) is 0 Å². The molecule has 0 saturated heterocycles. The number of hydrogen-bond acceptors (Lipinski definition) is 7. The van der Waals surface area contributed by atoms with Crippen LogP contribution in [0.25, 0.3) is 0 Å². The van der Waals surface area contributed by atoms with E-state index < -0.39 is 23.8 Å². The van der Waals surface area contributed by atoms with Crippen LogP contribution in [-0.4, -0.2) is 23.3 Å². The number of hydrogen-bond donors (Lipinski definition) is 0. The Bertz CT molecular complexity index is 271. The molecule has 0 amide bonds. The molecule has 0 aliphatic carbocycles. The fourth-order valence-electron chi connectivity index (χ4n) is 0.530. The molecule has 0 saturated carbocycles. The molecule has 0 aliphatic heterocycles. The molecule has 7 heteroatoms. The summed E-state index contributed by atoms with van der Waals surface area (Å²) in [6.07, 6.45) is 0.110. The van der Waals surface area contributed by atoms with E-state index in [1.54, 1.807) is 27.7 Å². The Kier molecular flexibility index (Phi) is 6.88. The lowest BCUT2D eigenvalue weighted by Crippen LogP contribution is -2.33. The third-order valence-corrected chi connectivity index (χ3v) is 1.57. The van der Waals surface area contributed by atoms with Gasteiger partial charge in [-0.05, 0) is 0 Å². The molecule has 0 heterocycles. The van der Waals surface area contributed by atoms with E-state index in [2.05, 4.69) is 14.5 Å². The minimum Gasteiger partial charge on any atom is -0.300 e. The number of rotatable bonds is 6. The van der Waals surface area contributed by atoms with Gasteiger partial charge in [0.1, 0.15) is 0 Å². The minimum atomic E-state index is -0.689. The van der Waals surface area contributed by atoms with Crippen LogP contribution in [0, 0.1) is 5.92 Å².